The minimum Gasteiger partial charge on any atom is -0.492 e. The highest BCUT2D eigenvalue weighted by Gasteiger charge is 2.42. The first-order chi connectivity index (χ1) is 11.6. The molecule has 1 aromatic carbocycles. The van der Waals surface area contributed by atoms with Crippen molar-refractivity contribution in [3.63, 3.8) is 0 Å². The number of carbonyl (C=O) groups is 1. The summed E-state index contributed by atoms with van der Waals surface area (Å²) in [7, 11) is 3.67. The van der Waals surface area contributed by atoms with Gasteiger partial charge in [0, 0.05) is 45.7 Å². The normalized spacial score (nSPS) is 24.3. The summed E-state index contributed by atoms with van der Waals surface area (Å²) in [5.41, 5.74) is 0.288. The lowest BCUT2D eigenvalue weighted by atomic mass is 9.79. The maximum atomic E-state index is 12.2. The molecule has 24 heavy (non-hydrogen) atoms. The number of benzene rings is 1. The van der Waals surface area contributed by atoms with E-state index >= 15 is 0 Å². The second-order valence-electron chi connectivity index (χ2n) is 7.39. The van der Waals surface area contributed by atoms with Crippen molar-refractivity contribution in [2.45, 2.75) is 19.3 Å². The number of carbonyl (C=O) groups excluding carboxylic acids is 1. The summed E-state index contributed by atoms with van der Waals surface area (Å²) >= 11 is 0. The molecule has 2 aliphatic rings. The van der Waals surface area contributed by atoms with Crippen LogP contribution in [0.2, 0.25) is 0 Å². The Morgan fingerprint density at radius 1 is 1.17 bits per heavy atom. The first kappa shape index (κ1) is 17.1. The number of amides is 2. The largest absolute Gasteiger partial charge is 0.492 e. The Balaban J connectivity index is 1.49. The molecule has 2 fully saturated rings. The molecule has 0 saturated carbocycles. The SMILES string of the molecule is CN(C)C(=O)N1CC[C@]2(CCCN(CCOc3ccccc3)C2)C1. The van der Waals surface area contributed by atoms with E-state index in [0.29, 0.717) is 0 Å². The molecule has 0 aliphatic carbocycles. The molecule has 0 aromatic heterocycles. The Bertz CT molecular complexity index is 549. The maximum Gasteiger partial charge on any atom is 0.319 e. The molecule has 1 aromatic rings. The van der Waals surface area contributed by atoms with Crippen molar-refractivity contribution in [1.82, 2.24) is 14.7 Å². The van der Waals surface area contributed by atoms with Gasteiger partial charge in [0.25, 0.3) is 0 Å². The predicted octanol–water partition coefficient (Wildman–Crippen LogP) is 2.53. The number of hydrogen-bond donors (Lipinski definition) is 0. The summed E-state index contributed by atoms with van der Waals surface area (Å²) in [6.45, 7) is 5.70. The molecular weight excluding hydrogens is 302 g/mol. The van der Waals surface area contributed by atoms with Crippen molar-refractivity contribution < 1.29 is 9.53 Å². The van der Waals surface area contributed by atoms with Crippen molar-refractivity contribution in [3.05, 3.63) is 30.3 Å². The number of ether oxygens (including phenoxy) is 1. The molecule has 3 rings (SSSR count). The maximum absolute atomic E-state index is 12.2. The quantitative estimate of drug-likeness (QED) is 0.851. The summed E-state index contributed by atoms with van der Waals surface area (Å²) in [4.78, 5) is 18.4. The van der Waals surface area contributed by atoms with Gasteiger partial charge in [0.05, 0.1) is 0 Å². The molecule has 1 spiro atoms. The standard InChI is InChI=1S/C19H29N3O2/c1-20(2)18(23)22-12-10-19(16-22)9-6-11-21(15-19)13-14-24-17-7-4-3-5-8-17/h3-5,7-8H,6,9-16H2,1-2H3/t19-/m0/s1. The second-order valence-corrected chi connectivity index (χ2v) is 7.39. The fourth-order valence-electron chi connectivity index (χ4n) is 4.02. The third-order valence-electron chi connectivity index (χ3n) is 5.25. The highest BCUT2D eigenvalue weighted by Crippen LogP contribution is 2.39. The van der Waals surface area contributed by atoms with Gasteiger partial charge in [0.1, 0.15) is 12.4 Å². The van der Waals surface area contributed by atoms with E-state index in [1.165, 1.54) is 12.8 Å². The van der Waals surface area contributed by atoms with E-state index in [1.54, 1.807) is 4.90 Å². The van der Waals surface area contributed by atoms with Crippen LogP contribution in [0.15, 0.2) is 30.3 Å². The summed E-state index contributed by atoms with van der Waals surface area (Å²) in [5.74, 6) is 0.938. The van der Waals surface area contributed by atoms with Crippen LogP contribution in [0.25, 0.3) is 0 Å². The van der Waals surface area contributed by atoms with Crippen LogP contribution in [0.5, 0.6) is 5.75 Å². The van der Waals surface area contributed by atoms with E-state index in [1.807, 2.05) is 49.3 Å². The second kappa shape index (κ2) is 7.43. The Kier molecular flexibility index (Phi) is 5.29. The minimum absolute atomic E-state index is 0.149. The van der Waals surface area contributed by atoms with E-state index < -0.39 is 0 Å². The zero-order chi connectivity index (χ0) is 17.0. The number of piperidine rings is 1. The molecule has 2 amide bonds. The van der Waals surface area contributed by atoms with Gasteiger partial charge in [-0.1, -0.05) is 18.2 Å². The molecule has 0 N–H and O–H groups in total. The fourth-order valence-corrected chi connectivity index (χ4v) is 4.02. The van der Waals surface area contributed by atoms with Gasteiger partial charge >= 0.3 is 6.03 Å². The predicted molar refractivity (Wildman–Crippen MR) is 95.3 cm³/mol. The molecule has 0 unspecified atom stereocenters. The van der Waals surface area contributed by atoms with Crippen LogP contribution >= 0.6 is 0 Å². The minimum atomic E-state index is 0.149. The van der Waals surface area contributed by atoms with E-state index in [2.05, 4.69) is 4.90 Å². The van der Waals surface area contributed by atoms with Crippen molar-refractivity contribution in [2.75, 3.05) is 53.4 Å². The summed E-state index contributed by atoms with van der Waals surface area (Å²) in [6.07, 6.45) is 3.58. The van der Waals surface area contributed by atoms with E-state index in [-0.39, 0.29) is 11.4 Å². The van der Waals surface area contributed by atoms with E-state index in [0.717, 1.165) is 51.5 Å². The Hall–Kier alpha value is -1.75. The number of rotatable bonds is 4. The molecule has 0 radical (unpaired) electrons. The number of likely N-dealkylation sites (tertiary alicyclic amines) is 2. The highest BCUT2D eigenvalue weighted by molar-refractivity contribution is 5.74. The lowest BCUT2D eigenvalue weighted by Gasteiger charge is -2.40. The van der Waals surface area contributed by atoms with E-state index in [4.69, 9.17) is 4.74 Å². The summed E-state index contributed by atoms with van der Waals surface area (Å²) in [5, 5.41) is 0. The molecule has 5 heteroatoms. The third-order valence-corrected chi connectivity index (χ3v) is 5.25. The fraction of sp³-hybridized carbons (Fsp3) is 0.632. The van der Waals surface area contributed by atoms with Gasteiger partial charge in [0.2, 0.25) is 0 Å². The molecule has 2 saturated heterocycles. The molecule has 0 bridgehead atoms. The molecular formula is C19H29N3O2. The van der Waals surface area contributed by atoms with Gasteiger partial charge < -0.3 is 14.5 Å². The lowest BCUT2D eigenvalue weighted by molar-refractivity contribution is 0.0818. The van der Waals surface area contributed by atoms with Crippen molar-refractivity contribution in [3.8, 4) is 5.75 Å². The van der Waals surface area contributed by atoms with Gasteiger partial charge in [-0.25, -0.2) is 4.79 Å². The highest BCUT2D eigenvalue weighted by atomic mass is 16.5. The molecule has 2 heterocycles. The smallest absolute Gasteiger partial charge is 0.319 e. The van der Waals surface area contributed by atoms with Crippen LogP contribution in [0.1, 0.15) is 19.3 Å². The molecule has 132 valence electrons. The van der Waals surface area contributed by atoms with Crippen molar-refractivity contribution >= 4 is 6.03 Å². The molecule has 1 atom stereocenters. The van der Waals surface area contributed by atoms with Gasteiger partial charge in [-0.15, -0.1) is 0 Å². The van der Waals surface area contributed by atoms with Gasteiger partial charge in [-0.2, -0.15) is 0 Å². The lowest BCUT2D eigenvalue weighted by Crippen LogP contribution is -2.47. The molecule has 5 nitrogen and oxygen atoms in total. The van der Waals surface area contributed by atoms with Gasteiger partial charge in [-0.05, 0) is 37.9 Å². The molecule has 2 aliphatic heterocycles. The number of urea groups is 1. The van der Waals surface area contributed by atoms with Crippen LogP contribution in [0, 0.1) is 5.41 Å². The first-order valence-corrected chi connectivity index (χ1v) is 8.94. The zero-order valence-electron chi connectivity index (χ0n) is 14.9. The zero-order valence-corrected chi connectivity index (χ0v) is 14.9. The Morgan fingerprint density at radius 3 is 2.71 bits per heavy atom. The van der Waals surface area contributed by atoms with E-state index in [9.17, 15) is 4.79 Å². The Morgan fingerprint density at radius 2 is 1.96 bits per heavy atom. The van der Waals surface area contributed by atoms with Crippen molar-refractivity contribution in [2.24, 2.45) is 5.41 Å². The van der Waals surface area contributed by atoms with Gasteiger partial charge in [0.15, 0.2) is 0 Å². The number of para-hydroxylation sites is 1. The Labute approximate surface area is 145 Å². The van der Waals surface area contributed by atoms with Gasteiger partial charge in [-0.3, -0.25) is 4.90 Å². The third kappa shape index (κ3) is 4.01. The average Bonchev–Trinajstić information content (AvgIpc) is 2.98. The van der Waals surface area contributed by atoms with Crippen molar-refractivity contribution in [1.29, 1.82) is 0 Å². The topological polar surface area (TPSA) is 36.0 Å². The van der Waals surface area contributed by atoms with Crippen LogP contribution in [0.4, 0.5) is 4.79 Å². The van der Waals surface area contributed by atoms with Crippen LogP contribution in [-0.2, 0) is 0 Å². The van der Waals surface area contributed by atoms with Crippen LogP contribution in [-0.4, -0.2) is 74.2 Å². The first-order valence-electron chi connectivity index (χ1n) is 8.94. The number of hydrogen-bond acceptors (Lipinski definition) is 3. The monoisotopic (exact) mass is 331 g/mol. The average molecular weight is 331 g/mol. The van der Waals surface area contributed by atoms with Crippen LogP contribution < -0.4 is 4.74 Å². The summed E-state index contributed by atoms with van der Waals surface area (Å²) < 4.78 is 5.84. The summed E-state index contributed by atoms with van der Waals surface area (Å²) in [6, 6.07) is 10.2. The van der Waals surface area contributed by atoms with Crippen LogP contribution in [0.3, 0.4) is 0 Å². The number of nitrogens with zero attached hydrogens (tertiary/aromatic N) is 3.